The summed E-state index contributed by atoms with van der Waals surface area (Å²) in [6.07, 6.45) is 1.22. The quantitative estimate of drug-likeness (QED) is 0.786. The molecular formula is C18H21ClFNO3S. The molecule has 136 valence electrons. The summed E-state index contributed by atoms with van der Waals surface area (Å²) in [7, 11) is -3.51. The fraction of sp³-hybridized carbons (Fsp3) is 0.222. The summed E-state index contributed by atoms with van der Waals surface area (Å²) in [5.41, 5.74) is 5.93. The Morgan fingerprint density at radius 2 is 1.76 bits per heavy atom. The lowest BCUT2D eigenvalue weighted by Crippen LogP contribution is -2.10. The van der Waals surface area contributed by atoms with Crippen molar-refractivity contribution in [2.24, 2.45) is 5.73 Å². The van der Waals surface area contributed by atoms with Crippen molar-refractivity contribution in [3.05, 3.63) is 72.1 Å². The van der Waals surface area contributed by atoms with E-state index in [0.717, 1.165) is 5.56 Å². The van der Waals surface area contributed by atoms with Crippen molar-refractivity contribution in [3.63, 3.8) is 0 Å². The molecule has 0 heterocycles. The summed E-state index contributed by atoms with van der Waals surface area (Å²) in [6, 6.07) is 15.0. The number of hydrogen-bond donors (Lipinski definition) is 1. The first kappa shape index (κ1) is 21.2. The lowest BCUT2D eigenvalue weighted by atomic mass is 10.2. The topological polar surface area (TPSA) is 69.4 Å². The highest BCUT2D eigenvalue weighted by atomic mass is 35.5. The molecule has 0 saturated heterocycles. The SMILES string of the molecule is CC(c1ccccc1)S(=O)(=O)c1ccc(OC/C(F)=C/CN)cc1.Cl. The van der Waals surface area contributed by atoms with Gasteiger partial charge in [0.2, 0.25) is 0 Å². The average Bonchev–Trinajstić information content (AvgIpc) is 2.60. The van der Waals surface area contributed by atoms with Crippen molar-refractivity contribution < 1.29 is 17.5 Å². The van der Waals surface area contributed by atoms with E-state index in [1.54, 1.807) is 19.1 Å². The molecule has 1 unspecified atom stereocenters. The molecule has 0 aliphatic heterocycles. The standard InChI is InChI=1S/C18H20FNO3S.ClH/c1-14(15-5-3-2-4-6-15)24(21,22)18-9-7-17(8-10-18)23-13-16(19)11-12-20;/h2-11,14H,12-13,20H2,1H3;1H/b16-11-;. The van der Waals surface area contributed by atoms with Crippen LogP contribution in [0.1, 0.15) is 17.7 Å². The molecule has 7 heteroatoms. The molecule has 1 atom stereocenters. The van der Waals surface area contributed by atoms with Crippen LogP contribution in [-0.2, 0) is 9.84 Å². The van der Waals surface area contributed by atoms with Gasteiger partial charge in [0.1, 0.15) is 18.2 Å². The number of halogens is 2. The van der Waals surface area contributed by atoms with Gasteiger partial charge >= 0.3 is 0 Å². The number of ether oxygens (including phenoxy) is 1. The van der Waals surface area contributed by atoms with Crippen LogP contribution in [0.25, 0.3) is 0 Å². The Labute approximate surface area is 153 Å². The highest BCUT2D eigenvalue weighted by molar-refractivity contribution is 7.91. The Morgan fingerprint density at radius 1 is 1.16 bits per heavy atom. The number of hydrogen-bond acceptors (Lipinski definition) is 4. The molecule has 4 nitrogen and oxygen atoms in total. The van der Waals surface area contributed by atoms with Crippen LogP contribution >= 0.6 is 12.4 Å². The molecule has 0 saturated carbocycles. The van der Waals surface area contributed by atoms with E-state index in [1.807, 2.05) is 18.2 Å². The molecule has 0 radical (unpaired) electrons. The summed E-state index contributed by atoms with van der Waals surface area (Å²) < 4.78 is 43.8. The fourth-order valence-electron chi connectivity index (χ4n) is 2.17. The van der Waals surface area contributed by atoms with E-state index in [4.69, 9.17) is 10.5 Å². The van der Waals surface area contributed by atoms with Gasteiger partial charge < -0.3 is 10.5 Å². The summed E-state index contributed by atoms with van der Waals surface area (Å²) in [6.45, 7) is 1.52. The van der Waals surface area contributed by atoms with Gasteiger partial charge in [-0.2, -0.15) is 0 Å². The largest absolute Gasteiger partial charge is 0.487 e. The second kappa shape index (κ2) is 9.56. The van der Waals surface area contributed by atoms with Crippen LogP contribution in [0.2, 0.25) is 0 Å². The van der Waals surface area contributed by atoms with Crippen molar-refractivity contribution in [3.8, 4) is 5.75 Å². The van der Waals surface area contributed by atoms with Crippen molar-refractivity contribution in [1.29, 1.82) is 0 Å². The number of sulfone groups is 1. The monoisotopic (exact) mass is 385 g/mol. The first-order chi connectivity index (χ1) is 11.4. The molecule has 2 N–H and O–H groups in total. The summed E-state index contributed by atoms with van der Waals surface area (Å²) in [5.74, 6) is -0.0752. The third-order valence-electron chi connectivity index (χ3n) is 3.60. The van der Waals surface area contributed by atoms with Gasteiger partial charge in [0.25, 0.3) is 0 Å². The number of benzene rings is 2. The average molecular weight is 386 g/mol. The van der Waals surface area contributed by atoms with Gasteiger partial charge in [-0.1, -0.05) is 30.3 Å². The van der Waals surface area contributed by atoms with E-state index in [-0.39, 0.29) is 30.5 Å². The summed E-state index contributed by atoms with van der Waals surface area (Å²) in [5, 5.41) is -0.657. The van der Waals surface area contributed by atoms with E-state index in [9.17, 15) is 12.8 Å². The zero-order valence-corrected chi connectivity index (χ0v) is 15.4. The van der Waals surface area contributed by atoms with Crippen molar-refractivity contribution >= 4 is 22.2 Å². The molecule has 0 aliphatic rings. The lowest BCUT2D eigenvalue weighted by molar-refractivity contribution is 0.318. The normalized spacial score (nSPS) is 13.0. The highest BCUT2D eigenvalue weighted by Gasteiger charge is 2.24. The third-order valence-corrected chi connectivity index (χ3v) is 5.74. The van der Waals surface area contributed by atoms with Crippen molar-refractivity contribution in [2.75, 3.05) is 13.2 Å². The van der Waals surface area contributed by atoms with E-state index in [0.29, 0.717) is 5.75 Å². The van der Waals surface area contributed by atoms with Crippen molar-refractivity contribution in [1.82, 2.24) is 0 Å². The minimum atomic E-state index is -3.51. The predicted octanol–water partition coefficient (Wildman–Crippen LogP) is 3.83. The second-order valence-electron chi connectivity index (χ2n) is 5.24. The first-order valence-electron chi connectivity index (χ1n) is 7.51. The predicted molar refractivity (Wildman–Crippen MR) is 99.5 cm³/mol. The maximum absolute atomic E-state index is 13.2. The number of rotatable bonds is 7. The maximum atomic E-state index is 13.2. The molecule has 0 aliphatic carbocycles. The molecule has 25 heavy (non-hydrogen) atoms. The Bertz CT molecular complexity index is 793. The second-order valence-corrected chi connectivity index (χ2v) is 7.51. The van der Waals surface area contributed by atoms with Gasteiger partial charge in [-0.05, 0) is 42.8 Å². The van der Waals surface area contributed by atoms with Gasteiger partial charge in [0.05, 0.1) is 10.1 Å². The van der Waals surface area contributed by atoms with E-state index < -0.39 is 20.9 Å². The van der Waals surface area contributed by atoms with Crippen LogP contribution in [0.15, 0.2) is 71.4 Å². The van der Waals surface area contributed by atoms with E-state index in [2.05, 4.69) is 0 Å². The zero-order chi connectivity index (χ0) is 17.6. The van der Waals surface area contributed by atoms with Gasteiger partial charge in [0.15, 0.2) is 9.84 Å². The minimum Gasteiger partial charge on any atom is -0.487 e. The van der Waals surface area contributed by atoms with Gasteiger partial charge in [-0.15, -0.1) is 12.4 Å². The summed E-state index contributed by atoms with van der Waals surface area (Å²) in [4.78, 5) is 0.198. The Hall–Kier alpha value is -1.89. The molecule has 0 spiro atoms. The Morgan fingerprint density at radius 3 is 2.32 bits per heavy atom. The molecule has 0 amide bonds. The molecular weight excluding hydrogens is 365 g/mol. The maximum Gasteiger partial charge on any atom is 0.185 e. The molecule has 0 fully saturated rings. The fourth-order valence-corrected chi connectivity index (χ4v) is 3.61. The molecule has 0 aromatic heterocycles. The third kappa shape index (κ3) is 5.56. The minimum absolute atomic E-state index is 0. The van der Waals surface area contributed by atoms with Crippen LogP contribution in [0, 0.1) is 0 Å². The highest BCUT2D eigenvalue weighted by Crippen LogP contribution is 2.29. The smallest absolute Gasteiger partial charge is 0.185 e. The molecule has 2 aromatic rings. The Kier molecular flexibility index (Phi) is 8.09. The zero-order valence-electron chi connectivity index (χ0n) is 13.8. The molecule has 2 rings (SSSR count). The van der Waals surface area contributed by atoms with Crippen LogP contribution < -0.4 is 10.5 Å². The van der Waals surface area contributed by atoms with Crippen molar-refractivity contribution in [2.45, 2.75) is 17.1 Å². The Balaban J connectivity index is 0.00000312. The number of nitrogens with two attached hydrogens (primary N) is 1. The van der Waals surface area contributed by atoms with Crippen LogP contribution in [0.4, 0.5) is 4.39 Å². The van der Waals surface area contributed by atoms with Crippen LogP contribution in [-0.4, -0.2) is 21.6 Å². The first-order valence-corrected chi connectivity index (χ1v) is 9.06. The lowest BCUT2D eigenvalue weighted by Gasteiger charge is -2.14. The summed E-state index contributed by atoms with van der Waals surface area (Å²) >= 11 is 0. The van der Waals surface area contributed by atoms with Gasteiger partial charge in [-0.25, -0.2) is 12.8 Å². The van der Waals surface area contributed by atoms with Crippen LogP contribution in [0.3, 0.4) is 0 Å². The van der Waals surface area contributed by atoms with Crippen LogP contribution in [0.5, 0.6) is 5.75 Å². The van der Waals surface area contributed by atoms with E-state index >= 15 is 0 Å². The molecule has 0 bridgehead atoms. The molecule has 2 aromatic carbocycles. The van der Waals surface area contributed by atoms with Gasteiger partial charge in [-0.3, -0.25) is 0 Å². The van der Waals surface area contributed by atoms with E-state index in [1.165, 1.54) is 30.3 Å². The van der Waals surface area contributed by atoms with Gasteiger partial charge in [0, 0.05) is 6.54 Å².